The molecule has 0 saturated carbocycles. The van der Waals surface area contributed by atoms with E-state index in [1.54, 1.807) is 6.07 Å². The van der Waals surface area contributed by atoms with Gasteiger partial charge in [-0.1, -0.05) is 12.5 Å². The van der Waals surface area contributed by atoms with Crippen LogP contribution in [-0.4, -0.2) is 33.8 Å². The van der Waals surface area contributed by atoms with Crippen LogP contribution in [0, 0.1) is 5.82 Å². The zero-order valence-electron chi connectivity index (χ0n) is 11.0. The van der Waals surface area contributed by atoms with Crippen LogP contribution in [0.25, 0.3) is 0 Å². The summed E-state index contributed by atoms with van der Waals surface area (Å²) in [4.78, 5) is 0. The number of nitrogens with one attached hydrogen (secondary N) is 1. The Morgan fingerprint density at radius 1 is 1.42 bits per heavy atom. The van der Waals surface area contributed by atoms with Crippen molar-refractivity contribution in [3.05, 3.63) is 30.1 Å². The van der Waals surface area contributed by atoms with E-state index in [1.807, 2.05) is 0 Å². The second-order valence-corrected chi connectivity index (χ2v) is 6.92. The van der Waals surface area contributed by atoms with E-state index in [-0.39, 0.29) is 11.8 Å². The van der Waals surface area contributed by atoms with Crippen molar-refractivity contribution in [3.63, 3.8) is 0 Å². The van der Waals surface area contributed by atoms with Gasteiger partial charge in [0.05, 0.1) is 11.4 Å². The van der Waals surface area contributed by atoms with Gasteiger partial charge in [-0.25, -0.2) is 12.8 Å². The fraction of sp³-hybridized carbons (Fsp3) is 0.538. The molecule has 106 valence electrons. The first-order chi connectivity index (χ1) is 8.99. The predicted octanol–water partition coefficient (Wildman–Crippen LogP) is 1.73. The van der Waals surface area contributed by atoms with Crippen molar-refractivity contribution < 1.29 is 12.8 Å². The van der Waals surface area contributed by atoms with E-state index in [1.165, 1.54) is 25.2 Å². The molecule has 19 heavy (non-hydrogen) atoms. The van der Waals surface area contributed by atoms with Crippen molar-refractivity contribution in [2.75, 3.05) is 23.7 Å². The molecule has 1 fully saturated rings. The molecule has 0 bridgehead atoms. The standard InChI is InChI=1S/C13H19FN2O2S/c1-16(13-7-4-5-11(14)9-13)19(17,18)10-12-6-2-3-8-15-12/h4-5,7,9,12,15H,2-3,6,8,10H2,1H3. The minimum atomic E-state index is -3.43. The van der Waals surface area contributed by atoms with Crippen LogP contribution in [0.4, 0.5) is 10.1 Å². The lowest BCUT2D eigenvalue weighted by Gasteiger charge is -2.26. The van der Waals surface area contributed by atoms with Gasteiger partial charge in [-0.3, -0.25) is 4.31 Å². The predicted molar refractivity (Wildman–Crippen MR) is 74.2 cm³/mol. The fourth-order valence-electron chi connectivity index (χ4n) is 2.26. The molecule has 2 rings (SSSR count). The Bertz CT molecular complexity index is 527. The number of rotatable bonds is 4. The third-order valence-corrected chi connectivity index (χ3v) is 5.28. The first-order valence-electron chi connectivity index (χ1n) is 6.44. The molecule has 4 nitrogen and oxygen atoms in total. The molecule has 1 aromatic carbocycles. The molecule has 0 radical (unpaired) electrons. The summed E-state index contributed by atoms with van der Waals surface area (Å²) in [6, 6.07) is 5.62. The molecule has 1 saturated heterocycles. The summed E-state index contributed by atoms with van der Waals surface area (Å²) in [5, 5.41) is 3.21. The zero-order chi connectivity index (χ0) is 13.9. The van der Waals surface area contributed by atoms with E-state index < -0.39 is 15.8 Å². The highest BCUT2D eigenvalue weighted by Crippen LogP contribution is 2.19. The Balaban J connectivity index is 2.10. The van der Waals surface area contributed by atoms with E-state index in [0.29, 0.717) is 5.69 Å². The lowest BCUT2D eigenvalue weighted by Crippen LogP contribution is -2.43. The quantitative estimate of drug-likeness (QED) is 0.917. The molecule has 0 spiro atoms. The largest absolute Gasteiger partial charge is 0.313 e. The highest BCUT2D eigenvalue weighted by molar-refractivity contribution is 7.92. The Kier molecular flexibility index (Phi) is 4.42. The summed E-state index contributed by atoms with van der Waals surface area (Å²) < 4.78 is 38.8. The monoisotopic (exact) mass is 286 g/mol. The molecular weight excluding hydrogens is 267 g/mol. The molecular formula is C13H19FN2O2S. The Labute approximate surface area is 113 Å². The van der Waals surface area contributed by atoms with Gasteiger partial charge in [0.2, 0.25) is 10.0 Å². The summed E-state index contributed by atoms with van der Waals surface area (Å²) >= 11 is 0. The van der Waals surface area contributed by atoms with Gasteiger partial charge in [-0.05, 0) is 37.6 Å². The second-order valence-electron chi connectivity index (χ2n) is 4.87. The smallest absolute Gasteiger partial charge is 0.236 e. The lowest BCUT2D eigenvalue weighted by molar-refractivity contribution is 0.423. The van der Waals surface area contributed by atoms with E-state index >= 15 is 0 Å². The van der Waals surface area contributed by atoms with Gasteiger partial charge in [0, 0.05) is 13.1 Å². The van der Waals surface area contributed by atoms with Crippen LogP contribution in [0.3, 0.4) is 0 Å². The molecule has 0 amide bonds. The molecule has 0 aliphatic carbocycles. The van der Waals surface area contributed by atoms with Gasteiger partial charge in [-0.15, -0.1) is 0 Å². The lowest BCUT2D eigenvalue weighted by atomic mass is 10.1. The second kappa shape index (κ2) is 5.88. The number of hydrogen-bond donors (Lipinski definition) is 1. The van der Waals surface area contributed by atoms with Gasteiger partial charge in [-0.2, -0.15) is 0 Å². The van der Waals surface area contributed by atoms with Crippen LogP contribution in [0.15, 0.2) is 24.3 Å². The average Bonchev–Trinajstić information content (AvgIpc) is 2.38. The fourth-order valence-corrected chi connectivity index (χ4v) is 3.72. The summed E-state index contributed by atoms with van der Waals surface area (Å²) in [7, 11) is -1.96. The summed E-state index contributed by atoms with van der Waals surface area (Å²) in [6.45, 7) is 0.865. The summed E-state index contributed by atoms with van der Waals surface area (Å²) in [5.41, 5.74) is 0.357. The SMILES string of the molecule is CN(c1cccc(F)c1)S(=O)(=O)CC1CCCCN1. The Morgan fingerprint density at radius 2 is 2.21 bits per heavy atom. The van der Waals surface area contributed by atoms with E-state index in [0.717, 1.165) is 30.1 Å². The number of nitrogens with zero attached hydrogens (tertiary/aromatic N) is 1. The third-order valence-electron chi connectivity index (χ3n) is 3.41. The van der Waals surface area contributed by atoms with Crippen LogP contribution in [0.1, 0.15) is 19.3 Å². The van der Waals surface area contributed by atoms with Gasteiger partial charge < -0.3 is 5.32 Å². The number of piperidine rings is 1. The van der Waals surface area contributed by atoms with Gasteiger partial charge >= 0.3 is 0 Å². The van der Waals surface area contributed by atoms with Crippen LogP contribution < -0.4 is 9.62 Å². The first-order valence-corrected chi connectivity index (χ1v) is 8.05. The number of halogens is 1. The average molecular weight is 286 g/mol. The third kappa shape index (κ3) is 3.67. The highest BCUT2D eigenvalue weighted by Gasteiger charge is 2.25. The molecule has 1 atom stereocenters. The topological polar surface area (TPSA) is 49.4 Å². The number of anilines is 1. The van der Waals surface area contributed by atoms with Crippen molar-refractivity contribution in [1.82, 2.24) is 5.32 Å². The summed E-state index contributed by atoms with van der Waals surface area (Å²) in [5.74, 6) is -0.379. The van der Waals surface area contributed by atoms with Crippen molar-refractivity contribution in [2.24, 2.45) is 0 Å². The highest BCUT2D eigenvalue weighted by atomic mass is 32.2. The Morgan fingerprint density at radius 3 is 2.84 bits per heavy atom. The van der Waals surface area contributed by atoms with Crippen LogP contribution in [0.2, 0.25) is 0 Å². The summed E-state index contributed by atoms with van der Waals surface area (Å²) in [6.07, 6.45) is 3.02. The van der Waals surface area contributed by atoms with Crippen molar-refractivity contribution in [2.45, 2.75) is 25.3 Å². The maximum Gasteiger partial charge on any atom is 0.236 e. The van der Waals surface area contributed by atoms with Crippen LogP contribution in [-0.2, 0) is 10.0 Å². The minimum absolute atomic E-state index is 0.00485. The molecule has 1 unspecified atom stereocenters. The van der Waals surface area contributed by atoms with E-state index in [2.05, 4.69) is 5.32 Å². The van der Waals surface area contributed by atoms with E-state index in [4.69, 9.17) is 0 Å². The molecule has 1 aromatic rings. The van der Waals surface area contributed by atoms with Gasteiger partial charge in [0.25, 0.3) is 0 Å². The number of benzene rings is 1. The molecule has 1 N–H and O–H groups in total. The molecule has 1 aliphatic heterocycles. The molecule has 1 aliphatic rings. The minimum Gasteiger partial charge on any atom is -0.313 e. The first kappa shape index (κ1) is 14.3. The van der Waals surface area contributed by atoms with Crippen molar-refractivity contribution in [1.29, 1.82) is 0 Å². The molecule has 6 heteroatoms. The molecule has 0 aromatic heterocycles. The van der Waals surface area contributed by atoms with Crippen LogP contribution in [0.5, 0.6) is 0 Å². The van der Waals surface area contributed by atoms with Crippen LogP contribution >= 0.6 is 0 Å². The normalized spacial score (nSPS) is 20.2. The molecule has 1 heterocycles. The zero-order valence-corrected chi connectivity index (χ0v) is 11.8. The van der Waals surface area contributed by atoms with E-state index in [9.17, 15) is 12.8 Å². The maximum atomic E-state index is 13.1. The number of sulfonamides is 1. The maximum absolute atomic E-state index is 13.1. The van der Waals surface area contributed by atoms with Gasteiger partial charge in [0.1, 0.15) is 5.82 Å². The van der Waals surface area contributed by atoms with Crippen molar-refractivity contribution >= 4 is 15.7 Å². The van der Waals surface area contributed by atoms with Crippen molar-refractivity contribution in [3.8, 4) is 0 Å². The van der Waals surface area contributed by atoms with Gasteiger partial charge in [0.15, 0.2) is 0 Å². The Hall–Kier alpha value is -1.14. The number of hydrogen-bond acceptors (Lipinski definition) is 3.